The molecule has 1 aromatic carbocycles. The zero-order chi connectivity index (χ0) is 10.1. The summed E-state index contributed by atoms with van der Waals surface area (Å²) in [6.45, 7) is 0. The summed E-state index contributed by atoms with van der Waals surface area (Å²) in [5, 5.41) is 0. The van der Waals surface area contributed by atoms with Gasteiger partial charge in [-0.25, -0.2) is 0 Å². The molecule has 1 heterocycles. The van der Waals surface area contributed by atoms with E-state index in [1.807, 2.05) is 0 Å². The number of fused-ring (bicyclic) bond motifs is 1. The lowest BCUT2D eigenvalue weighted by Crippen LogP contribution is -1.96. The Morgan fingerprint density at radius 3 is 3.00 bits per heavy atom. The van der Waals surface area contributed by atoms with E-state index < -0.39 is 0 Å². The van der Waals surface area contributed by atoms with Crippen molar-refractivity contribution >= 4 is 14.0 Å². The average Bonchev–Trinajstić information content (AvgIpc) is 2.74. The minimum absolute atomic E-state index is 0.0732. The lowest BCUT2D eigenvalue weighted by Gasteiger charge is -2.23. The van der Waals surface area contributed by atoms with Crippen molar-refractivity contribution in [1.29, 1.82) is 0 Å². The normalized spacial score (nSPS) is 28.0. The van der Waals surface area contributed by atoms with Crippen LogP contribution in [0.1, 0.15) is 29.6 Å². The first-order valence-electron chi connectivity index (χ1n) is 5.65. The SMILES string of the molecule is C1=CP(C2C=Cc3ccccc32)CCC1. The average molecular weight is 214 g/mol. The molecule has 0 saturated heterocycles. The summed E-state index contributed by atoms with van der Waals surface area (Å²) in [4.78, 5) is 0. The molecular weight excluding hydrogens is 199 g/mol. The third-order valence-electron chi connectivity index (χ3n) is 3.21. The molecule has 3 rings (SSSR count). The first kappa shape index (κ1) is 9.36. The number of hydrogen-bond donors (Lipinski definition) is 0. The van der Waals surface area contributed by atoms with Crippen LogP contribution in [0.15, 0.2) is 42.2 Å². The summed E-state index contributed by atoms with van der Waals surface area (Å²) in [5.74, 6) is 2.48. The van der Waals surface area contributed by atoms with Crippen LogP contribution < -0.4 is 0 Å². The van der Waals surface area contributed by atoms with Crippen LogP contribution in [-0.2, 0) is 0 Å². The number of benzene rings is 1. The van der Waals surface area contributed by atoms with E-state index in [4.69, 9.17) is 0 Å². The molecule has 2 unspecified atom stereocenters. The van der Waals surface area contributed by atoms with Crippen molar-refractivity contribution in [3.05, 3.63) is 53.4 Å². The van der Waals surface area contributed by atoms with Gasteiger partial charge in [-0.1, -0.05) is 56.2 Å². The fraction of sp³-hybridized carbons (Fsp3) is 0.286. The first-order valence-corrected chi connectivity index (χ1v) is 7.31. The summed E-state index contributed by atoms with van der Waals surface area (Å²) >= 11 is 0. The van der Waals surface area contributed by atoms with E-state index in [1.54, 1.807) is 5.56 Å². The van der Waals surface area contributed by atoms with Gasteiger partial charge in [0.05, 0.1) is 0 Å². The molecule has 76 valence electrons. The smallest absolute Gasteiger partial charge is 0.0265 e. The van der Waals surface area contributed by atoms with Gasteiger partial charge in [0.1, 0.15) is 0 Å². The van der Waals surface area contributed by atoms with Gasteiger partial charge in [0.15, 0.2) is 0 Å². The third kappa shape index (κ3) is 1.68. The number of hydrogen-bond acceptors (Lipinski definition) is 0. The van der Waals surface area contributed by atoms with Crippen LogP contribution >= 0.6 is 7.92 Å². The van der Waals surface area contributed by atoms with Gasteiger partial charge in [-0.3, -0.25) is 0 Å². The molecule has 0 amide bonds. The minimum Gasteiger partial charge on any atom is -0.0840 e. The second-order valence-corrected chi connectivity index (χ2v) is 6.53. The molecule has 1 aliphatic heterocycles. The quantitative estimate of drug-likeness (QED) is 0.602. The predicted molar refractivity (Wildman–Crippen MR) is 68.4 cm³/mol. The Hall–Kier alpha value is -0.870. The molecule has 2 aliphatic rings. The van der Waals surface area contributed by atoms with E-state index in [0.29, 0.717) is 5.66 Å². The maximum atomic E-state index is 2.48. The lowest BCUT2D eigenvalue weighted by molar-refractivity contribution is 0.948. The first-order chi connectivity index (χ1) is 7.45. The summed E-state index contributed by atoms with van der Waals surface area (Å²) < 4.78 is 0. The molecule has 0 bridgehead atoms. The minimum atomic E-state index is 0.0732. The highest BCUT2D eigenvalue weighted by atomic mass is 31.1. The van der Waals surface area contributed by atoms with Crippen molar-refractivity contribution < 1.29 is 0 Å². The Bertz CT molecular complexity index is 417. The molecule has 1 aliphatic carbocycles. The predicted octanol–water partition coefficient (Wildman–Crippen LogP) is 4.54. The summed E-state index contributed by atoms with van der Waals surface area (Å²) in [5.41, 5.74) is 3.69. The van der Waals surface area contributed by atoms with Crippen molar-refractivity contribution in [2.75, 3.05) is 6.16 Å². The Labute approximate surface area is 92.5 Å². The Morgan fingerprint density at radius 1 is 1.20 bits per heavy atom. The fourth-order valence-electron chi connectivity index (χ4n) is 2.43. The van der Waals surface area contributed by atoms with Crippen molar-refractivity contribution in [1.82, 2.24) is 0 Å². The molecule has 0 N–H and O–H groups in total. The summed E-state index contributed by atoms with van der Waals surface area (Å²) in [6.07, 6.45) is 11.2. The molecule has 0 aromatic heterocycles. The van der Waals surface area contributed by atoms with Gasteiger partial charge in [-0.2, -0.15) is 0 Å². The molecule has 1 heteroatoms. The molecule has 1 aromatic rings. The highest BCUT2D eigenvalue weighted by Crippen LogP contribution is 2.58. The fourth-order valence-corrected chi connectivity index (χ4v) is 4.91. The summed E-state index contributed by atoms with van der Waals surface area (Å²) in [6, 6.07) is 8.83. The van der Waals surface area contributed by atoms with E-state index in [-0.39, 0.29) is 7.92 Å². The second kappa shape index (κ2) is 3.94. The molecule has 0 nitrogen and oxygen atoms in total. The van der Waals surface area contributed by atoms with Crippen LogP contribution in [0.5, 0.6) is 0 Å². The van der Waals surface area contributed by atoms with Gasteiger partial charge in [0, 0.05) is 5.66 Å². The van der Waals surface area contributed by atoms with E-state index in [2.05, 4.69) is 48.3 Å². The topological polar surface area (TPSA) is 0 Å². The van der Waals surface area contributed by atoms with Crippen LogP contribution in [0, 0.1) is 0 Å². The number of rotatable bonds is 1. The molecule has 0 fully saturated rings. The molecule has 15 heavy (non-hydrogen) atoms. The van der Waals surface area contributed by atoms with Crippen molar-refractivity contribution in [3.63, 3.8) is 0 Å². The van der Waals surface area contributed by atoms with Crippen LogP contribution in [0.25, 0.3) is 6.08 Å². The largest absolute Gasteiger partial charge is 0.0840 e. The van der Waals surface area contributed by atoms with Crippen LogP contribution in [0.3, 0.4) is 0 Å². The van der Waals surface area contributed by atoms with Gasteiger partial charge in [0.25, 0.3) is 0 Å². The second-order valence-electron chi connectivity index (χ2n) is 4.20. The number of allylic oxidation sites excluding steroid dienone is 2. The zero-order valence-corrected chi connectivity index (χ0v) is 9.66. The van der Waals surface area contributed by atoms with Gasteiger partial charge >= 0.3 is 0 Å². The van der Waals surface area contributed by atoms with E-state index in [0.717, 1.165) is 0 Å². The van der Waals surface area contributed by atoms with E-state index >= 15 is 0 Å². The highest BCUT2D eigenvalue weighted by Gasteiger charge is 2.24. The van der Waals surface area contributed by atoms with Crippen LogP contribution in [-0.4, -0.2) is 6.16 Å². The van der Waals surface area contributed by atoms with Crippen LogP contribution in [0.2, 0.25) is 0 Å². The lowest BCUT2D eigenvalue weighted by atomic mass is 10.1. The monoisotopic (exact) mass is 214 g/mol. The molecule has 0 radical (unpaired) electrons. The standard InChI is InChI=1S/C14H15P/c1-4-10-15(11-5-1)14-9-8-12-6-2-3-7-13(12)14/h2-4,6-10,14H,1,5,11H2. The molecular formula is C14H15P. The van der Waals surface area contributed by atoms with E-state index in [1.165, 1.54) is 24.6 Å². The van der Waals surface area contributed by atoms with E-state index in [9.17, 15) is 0 Å². The van der Waals surface area contributed by atoms with Gasteiger partial charge in [-0.15, -0.1) is 0 Å². The van der Waals surface area contributed by atoms with Gasteiger partial charge in [-0.05, 0) is 30.1 Å². The Kier molecular flexibility index (Phi) is 2.46. The molecule has 2 atom stereocenters. The molecule has 0 saturated carbocycles. The Morgan fingerprint density at radius 2 is 2.13 bits per heavy atom. The molecule has 0 spiro atoms. The maximum absolute atomic E-state index is 2.48. The van der Waals surface area contributed by atoms with Crippen LogP contribution in [0.4, 0.5) is 0 Å². The maximum Gasteiger partial charge on any atom is 0.0265 e. The highest BCUT2D eigenvalue weighted by molar-refractivity contribution is 7.61. The van der Waals surface area contributed by atoms with Crippen molar-refractivity contribution in [2.24, 2.45) is 0 Å². The third-order valence-corrected chi connectivity index (χ3v) is 5.81. The van der Waals surface area contributed by atoms with Crippen molar-refractivity contribution in [2.45, 2.75) is 18.5 Å². The summed E-state index contributed by atoms with van der Waals surface area (Å²) in [7, 11) is 0.0732. The van der Waals surface area contributed by atoms with Gasteiger partial charge < -0.3 is 0 Å². The van der Waals surface area contributed by atoms with Gasteiger partial charge in [0.2, 0.25) is 0 Å². The zero-order valence-electron chi connectivity index (χ0n) is 8.76. The Balaban J connectivity index is 1.93. The van der Waals surface area contributed by atoms with Crippen molar-refractivity contribution in [3.8, 4) is 0 Å².